The number of pyridine rings is 1. The summed E-state index contributed by atoms with van der Waals surface area (Å²) in [5.41, 5.74) is 6.05. The van der Waals surface area contributed by atoms with Gasteiger partial charge in [0.1, 0.15) is 11.7 Å². The van der Waals surface area contributed by atoms with Gasteiger partial charge in [-0.3, -0.25) is 9.78 Å². The van der Waals surface area contributed by atoms with Crippen molar-refractivity contribution in [2.75, 3.05) is 11.4 Å². The van der Waals surface area contributed by atoms with Crippen LogP contribution in [0.3, 0.4) is 0 Å². The second-order valence-electron chi connectivity index (χ2n) is 4.66. The lowest BCUT2D eigenvalue weighted by Gasteiger charge is -2.29. The molecule has 1 aliphatic heterocycles. The summed E-state index contributed by atoms with van der Waals surface area (Å²) < 4.78 is 0. The molecule has 0 bridgehead atoms. The van der Waals surface area contributed by atoms with Crippen LogP contribution in [-0.2, 0) is 4.79 Å². The Morgan fingerprint density at radius 3 is 2.84 bits per heavy atom. The minimum Gasteiger partial charge on any atom is -0.480 e. The zero-order valence-electron chi connectivity index (χ0n) is 10.6. The number of primary amides is 1. The van der Waals surface area contributed by atoms with E-state index in [9.17, 15) is 14.7 Å². The number of carboxylic acids is 1. The smallest absolute Gasteiger partial charge is 0.326 e. The highest BCUT2D eigenvalue weighted by Gasteiger charge is 2.27. The topological polar surface area (TPSA) is 96.5 Å². The van der Waals surface area contributed by atoms with Gasteiger partial charge in [-0.25, -0.2) is 4.79 Å². The molecule has 0 radical (unpaired) electrons. The molecule has 1 amide bonds. The molecule has 102 valence electrons. The van der Waals surface area contributed by atoms with Crippen LogP contribution in [0.2, 0.25) is 0 Å². The largest absolute Gasteiger partial charge is 0.480 e. The fourth-order valence-electron chi connectivity index (χ4n) is 2.41. The van der Waals surface area contributed by atoms with Crippen LogP contribution in [0.15, 0.2) is 18.3 Å². The highest BCUT2D eigenvalue weighted by molar-refractivity contribution is 5.92. The van der Waals surface area contributed by atoms with Crippen molar-refractivity contribution in [3.8, 4) is 0 Å². The van der Waals surface area contributed by atoms with Crippen LogP contribution in [0.1, 0.15) is 36.2 Å². The third-order valence-electron chi connectivity index (χ3n) is 3.37. The Labute approximate surface area is 111 Å². The predicted octanol–water partition coefficient (Wildman–Crippen LogP) is 1.01. The van der Waals surface area contributed by atoms with Crippen molar-refractivity contribution in [1.29, 1.82) is 0 Å². The van der Waals surface area contributed by atoms with Gasteiger partial charge in [0.2, 0.25) is 0 Å². The molecule has 0 saturated carbocycles. The highest BCUT2D eigenvalue weighted by Crippen LogP contribution is 2.24. The fourth-order valence-corrected chi connectivity index (χ4v) is 2.41. The molecule has 2 rings (SSSR count). The second kappa shape index (κ2) is 5.69. The van der Waals surface area contributed by atoms with E-state index in [2.05, 4.69) is 4.98 Å². The fraction of sp³-hybridized carbons (Fsp3) is 0.462. The van der Waals surface area contributed by atoms with Gasteiger partial charge in [-0.05, 0) is 25.0 Å². The Hall–Kier alpha value is -2.11. The molecule has 0 aliphatic carbocycles. The van der Waals surface area contributed by atoms with E-state index in [1.165, 1.54) is 6.20 Å². The average Bonchev–Trinajstić information content (AvgIpc) is 2.64. The normalized spacial score (nSPS) is 19.8. The quantitative estimate of drug-likeness (QED) is 0.848. The summed E-state index contributed by atoms with van der Waals surface area (Å²) in [4.78, 5) is 28.2. The zero-order valence-corrected chi connectivity index (χ0v) is 10.6. The second-order valence-corrected chi connectivity index (χ2v) is 4.66. The molecule has 1 saturated heterocycles. The molecule has 1 aliphatic rings. The summed E-state index contributed by atoms with van der Waals surface area (Å²) in [6.07, 6.45) is 4.97. The van der Waals surface area contributed by atoms with Crippen LogP contribution in [0.25, 0.3) is 0 Å². The molecule has 3 N–H and O–H groups in total. The van der Waals surface area contributed by atoms with E-state index < -0.39 is 17.9 Å². The van der Waals surface area contributed by atoms with E-state index in [0.717, 1.165) is 19.3 Å². The van der Waals surface area contributed by atoms with Gasteiger partial charge in [0.15, 0.2) is 0 Å². The van der Waals surface area contributed by atoms with Crippen molar-refractivity contribution in [2.45, 2.75) is 31.7 Å². The number of nitrogens with zero attached hydrogens (tertiary/aromatic N) is 2. The van der Waals surface area contributed by atoms with E-state index >= 15 is 0 Å². The van der Waals surface area contributed by atoms with Gasteiger partial charge in [-0.15, -0.1) is 0 Å². The van der Waals surface area contributed by atoms with Crippen molar-refractivity contribution in [2.24, 2.45) is 5.73 Å². The van der Waals surface area contributed by atoms with Crippen molar-refractivity contribution in [3.63, 3.8) is 0 Å². The molecule has 0 aromatic carbocycles. The molecule has 6 heteroatoms. The maximum atomic E-state index is 11.4. The molecular formula is C13H17N3O3. The number of aliphatic carboxylic acids is 1. The molecule has 1 fully saturated rings. The monoisotopic (exact) mass is 263 g/mol. The van der Waals surface area contributed by atoms with Crippen LogP contribution in [0, 0.1) is 0 Å². The van der Waals surface area contributed by atoms with E-state index in [-0.39, 0.29) is 5.69 Å². The molecular weight excluding hydrogens is 246 g/mol. The van der Waals surface area contributed by atoms with Gasteiger partial charge in [0.05, 0.1) is 0 Å². The number of rotatable bonds is 3. The van der Waals surface area contributed by atoms with Crippen molar-refractivity contribution in [1.82, 2.24) is 4.98 Å². The Morgan fingerprint density at radius 2 is 2.16 bits per heavy atom. The summed E-state index contributed by atoms with van der Waals surface area (Å²) in [6.45, 7) is 0.666. The summed E-state index contributed by atoms with van der Waals surface area (Å²) in [7, 11) is 0. The number of nitrogens with two attached hydrogens (primary N) is 1. The Morgan fingerprint density at radius 1 is 1.37 bits per heavy atom. The highest BCUT2D eigenvalue weighted by atomic mass is 16.4. The molecule has 1 unspecified atom stereocenters. The van der Waals surface area contributed by atoms with E-state index in [0.29, 0.717) is 18.7 Å². The van der Waals surface area contributed by atoms with Gasteiger partial charge in [0, 0.05) is 18.4 Å². The molecule has 6 nitrogen and oxygen atoms in total. The molecule has 19 heavy (non-hydrogen) atoms. The maximum absolute atomic E-state index is 11.4. The first-order chi connectivity index (χ1) is 9.09. The summed E-state index contributed by atoms with van der Waals surface area (Å²) in [5.74, 6) is -1.44. The number of hydrogen-bond donors (Lipinski definition) is 2. The number of amides is 1. The molecule has 1 aromatic rings. The van der Waals surface area contributed by atoms with Gasteiger partial charge in [-0.1, -0.05) is 12.8 Å². The van der Waals surface area contributed by atoms with Crippen molar-refractivity contribution >= 4 is 17.6 Å². The Kier molecular flexibility index (Phi) is 3.99. The van der Waals surface area contributed by atoms with E-state index in [4.69, 9.17) is 5.73 Å². The number of carboxylic acid groups (broad SMARTS) is 1. The maximum Gasteiger partial charge on any atom is 0.326 e. The number of aromatic nitrogens is 1. The number of carbonyl (C=O) groups excluding carboxylic acids is 1. The third-order valence-corrected chi connectivity index (χ3v) is 3.37. The molecule has 0 spiro atoms. The lowest BCUT2D eigenvalue weighted by molar-refractivity contribution is -0.138. The van der Waals surface area contributed by atoms with Gasteiger partial charge in [0.25, 0.3) is 5.91 Å². The standard InChI is InChI=1S/C13H17N3O3/c14-12(17)10-8-9(5-6-15-10)16-7-3-1-2-4-11(16)13(18)19/h5-6,8,11H,1-4,7H2,(H2,14,17)(H,18,19). The minimum atomic E-state index is -0.834. The SMILES string of the molecule is NC(=O)c1cc(N2CCCCCC2C(=O)O)ccn1. The van der Waals surface area contributed by atoms with Gasteiger partial charge in [-0.2, -0.15) is 0 Å². The average molecular weight is 263 g/mol. The Balaban J connectivity index is 2.33. The predicted molar refractivity (Wildman–Crippen MR) is 70.0 cm³/mol. The zero-order chi connectivity index (χ0) is 13.8. The van der Waals surface area contributed by atoms with Gasteiger partial charge < -0.3 is 15.7 Å². The van der Waals surface area contributed by atoms with Crippen molar-refractivity contribution in [3.05, 3.63) is 24.0 Å². The van der Waals surface area contributed by atoms with Crippen molar-refractivity contribution < 1.29 is 14.7 Å². The van der Waals surface area contributed by atoms with Crippen LogP contribution >= 0.6 is 0 Å². The minimum absolute atomic E-state index is 0.158. The van der Waals surface area contributed by atoms with Crippen LogP contribution in [0.5, 0.6) is 0 Å². The van der Waals surface area contributed by atoms with Crippen LogP contribution in [-0.4, -0.2) is 34.6 Å². The number of carbonyl (C=O) groups is 2. The first-order valence-corrected chi connectivity index (χ1v) is 6.35. The van der Waals surface area contributed by atoms with E-state index in [1.54, 1.807) is 12.1 Å². The first-order valence-electron chi connectivity index (χ1n) is 6.35. The first kappa shape index (κ1) is 13.3. The number of anilines is 1. The molecule has 1 aromatic heterocycles. The Bertz CT molecular complexity index is 490. The van der Waals surface area contributed by atoms with Gasteiger partial charge >= 0.3 is 5.97 Å². The van der Waals surface area contributed by atoms with Crippen LogP contribution < -0.4 is 10.6 Å². The lowest BCUT2D eigenvalue weighted by atomic mass is 10.1. The third kappa shape index (κ3) is 3.01. The molecule has 2 heterocycles. The summed E-state index contributed by atoms with van der Waals surface area (Å²) >= 11 is 0. The molecule has 1 atom stereocenters. The summed E-state index contributed by atoms with van der Waals surface area (Å²) in [6, 6.07) is 2.72. The lowest BCUT2D eigenvalue weighted by Crippen LogP contribution is -2.41. The van der Waals surface area contributed by atoms with E-state index in [1.807, 2.05) is 4.90 Å². The summed E-state index contributed by atoms with van der Waals surface area (Å²) in [5, 5.41) is 9.32. The number of hydrogen-bond acceptors (Lipinski definition) is 4. The van der Waals surface area contributed by atoms with Crippen LogP contribution in [0.4, 0.5) is 5.69 Å².